The maximum absolute atomic E-state index is 12.1. The van der Waals surface area contributed by atoms with Crippen molar-refractivity contribution in [1.29, 1.82) is 0 Å². The second-order valence-corrected chi connectivity index (χ2v) is 7.08. The minimum absolute atomic E-state index is 0.0154. The lowest BCUT2D eigenvalue weighted by Gasteiger charge is -2.31. The molecule has 0 unspecified atom stereocenters. The number of hydrogen-bond donors (Lipinski definition) is 3. The number of carbonyl (C=O) groups excluding carboxylic acids is 2. The lowest BCUT2D eigenvalue weighted by atomic mass is 9.84. The van der Waals surface area contributed by atoms with E-state index in [0.29, 0.717) is 6.54 Å². The third kappa shape index (κ3) is 4.92. The quantitative estimate of drug-likeness (QED) is 0.769. The molecule has 3 amide bonds. The van der Waals surface area contributed by atoms with Gasteiger partial charge in [-0.25, -0.2) is 9.78 Å². The van der Waals surface area contributed by atoms with E-state index in [1.807, 2.05) is 19.2 Å². The molecule has 1 heterocycles. The van der Waals surface area contributed by atoms with Gasteiger partial charge in [-0.1, -0.05) is 19.8 Å². The summed E-state index contributed by atoms with van der Waals surface area (Å²) < 4.78 is 0. The fourth-order valence-electron chi connectivity index (χ4n) is 2.95. The number of urea groups is 1. The summed E-state index contributed by atoms with van der Waals surface area (Å²) in [5.74, 6) is 0.0701. The summed E-state index contributed by atoms with van der Waals surface area (Å²) in [6, 6.07) is -0.285. The molecule has 0 radical (unpaired) electrons. The SMILES string of the molecule is CNC(=O)[C@@H]1CCCC[C@H]1NC(=O)NC[C@H](C)c1nc(C)cs1. The summed E-state index contributed by atoms with van der Waals surface area (Å²) in [7, 11) is 1.64. The molecule has 0 spiro atoms. The highest BCUT2D eigenvalue weighted by molar-refractivity contribution is 7.09. The Morgan fingerprint density at radius 1 is 1.39 bits per heavy atom. The number of hydrogen-bond acceptors (Lipinski definition) is 4. The minimum Gasteiger partial charge on any atom is -0.359 e. The van der Waals surface area contributed by atoms with Gasteiger partial charge in [-0.15, -0.1) is 11.3 Å². The van der Waals surface area contributed by atoms with E-state index in [4.69, 9.17) is 0 Å². The third-order valence-corrected chi connectivity index (χ3v) is 5.49. The van der Waals surface area contributed by atoms with Crippen molar-refractivity contribution in [3.05, 3.63) is 16.1 Å². The Bertz CT molecular complexity index is 546. The van der Waals surface area contributed by atoms with Crippen molar-refractivity contribution < 1.29 is 9.59 Å². The fraction of sp³-hybridized carbons (Fsp3) is 0.688. The smallest absolute Gasteiger partial charge is 0.315 e. The van der Waals surface area contributed by atoms with Crippen LogP contribution in [-0.4, -0.2) is 36.6 Å². The summed E-state index contributed by atoms with van der Waals surface area (Å²) >= 11 is 1.62. The Labute approximate surface area is 141 Å². The predicted molar refractivity (Wildman–Crippen MR) is 91.6 cm³/mol. The van der Waals surface area contributed by atoms with Gasteiger partial charge in [0.15, 0.2) is 0 Å². The maximum atomic E-state index is 12.1. The van der Waals surface area contributed by atoms with Crippen molar-refractivity contribution in [3.63, 3.8) is 0 Å². The summed E-state index contributed by atoms with van der Waals surface area (Å²) in [5.41, 5.74) is 1.01. The predicted octanol–water partition coefficient (Wildman–Crippen LogP) is 2.16. The first kappa shape index (κ1) is 17.7. The average Bonchev–Trinajstić information content (AvgIpc) is 2.99. The zero-order chi connectivity index (χ0) is 16.8. The number of aromatic nitrogens is 1. The normalized spacial score (nSPS) is 22.2. The Kier molecular flexibility index (Phi) is 6.38. The molecule has 7 heteroatoms. The van der Waals surface area contributed by atoms with Crippen molar-refractivity contribution in [2.24, 2.45) is 5.92 Å². The molecule has 0 aliphatic heterocycles. The molecule has 1 aromatic heterocycles. The molecule has 3 atom stereocenters. The van der Waals surface area contributed by atoms with Gasteiger partial charge < -0.3 is 16.0 Å². The first-order valence-corrected chi connectivity index (χ1v) is 9.07. The number of aryl methyl sites for hydroxylation is 1. The summed E-state index contributed by atoms with van der Waals surface area (Å²) in [6.07, 6.45) is 3.78. The van der Waals surface area contributed by atoms with Crippen molar-refractivity contribution in [2.45, 2.75) is 51.5 Å². The molecule has 1 aliphatic rings. The Morgan fingerprint density at radius 2 is 2.13 bits per heavy atom. The number of amides is 3. The van der Waals surface area contributed by atoms with Crippen LogP contribution in [0.2, 0.25) is 0 Å². The molecule has 1 aliphatic carbocycles. The van der Waals surface area contributed by atoms with Crippen LogP contribution in [0, 0.1) is 12.8 Å². The van der Waals surface area contributed by atoms with Crippen LogP contribution in [0.4, 0.5) is 4.79 Å². The van der Waals surface area contributed by atoms with E-state index in [1.165, 1.54) is 0 Å². The van der Waals surface area contributed by atoms with Crippen molar-refractivity contribution in [1.82, 2.24) is 20.9 Å². The zero-order valence-electron chi connectivity index (χ0n) is 14.0. The number of nitrogens with one attached hydrogen (secondary N) is 3. The van der Waals surface area contributed by atoms with Gasteiger partial charge in [0.05, 0.1) is 10.9 Å². The van der Waals surface area contributed by atoms with E-state index < -0.39 is 0 Å². The molecule has 1 saturated carbocycles. The standard InChI is InChI=1S/C16H26N4O2S/c1-10(15-19-11(2)9-23-15)8-18-16(22)20-13-7-5-4-6-12(13)14(21)17-3/h9-10,12-13H,4-8H2,1-3H3,(H,17,21)(H2,18,20,22)/t10-,12+,13+/m0/s1. The Morgan fingerprint density at radius 3 is 2.78 bits per heavy atom. The number of rotatable bonds is 5. The number of carbonyl (C=O) groups is 2. The maximum Gasteiger partial charge on any atom is 0.315 e. The molecule has 3 N–H and O–H groups in total. The second-order valence-electron chi connectivity index (χ2n) is 6.19. The van der Waals surface area contributed by atoms with Crippen LogP contribution in [-0.2, 0) is 4.79 Å². The van der Waals surface area contributed by atoms with Crippen LogP contribution in [0.1, 0.15) is 49.2 Å². The molecule has 1 fully saturated rings. The summed E-state index contributed by atoms with van der Waals surface area (Å²) in [5, 5.41) is 11.6. The van der Waals surface area contributed by atoms with E-state index in [9.17, 15) is 9.59 Å². The fourth-order valence-corrected chi connectivity index (χ4v) is 3.81. The van der Waals surface area contributed by atoms with Gasteiger partial charge in [0.25, 0.3) is 0 Å². The van der Waals surface area contributed by atoms with Gasteiger partial charge in [-0.3, -0.25) is 4.79 Å². The van der Waals surface area contributed by atoms with Gasteiger partial charge >= 0.3 is 6.03 Å². The third-order valence-electron chi connectivity index (χ3n) is 4.29. The van der Waals surface area contributed by atoms with Gasteiger partial charge in [0.1, 0.15) is 0 Å². The summed E-state index contributed by atoms with van der Waals surface area (Å²) in [6.45, 7) is 4.55. The average molecular weight is 338 g/mol. The second kappa shape index (κ2) is 8.29. The number of nitrogens with zero attached hydrogens (tertiary/aromatic N) is 1. The van der Waals surface area contributed by atoms with Crippen molar-refractivity contribution in [2.75, 3.05) is 13.6 Å². The van der Waals surface area contributed by atoms with Crippen LogP contribution >= 0.6 is 11.3 Å². The first-order valence-electron chi connectivity index (χ1n) is 8.19. The molecule has 6 nitrogen and oxygen atoms in total. The molecular weight excluding hydrogens is 312 g/mol. The van der Waals surface area contributed by atoms with Crippen LogP contribution < -0.4 is 16.0 Å². The highest BCUT2D eigenvalue weighted by Gasteiger charge is 2.31. The molecule has 128 valence electrons. The van der Waals surface area contributed by atoms with E-state index in [-0.39, 0.29) is 29.8 Å². The summed E-state index contributed by atoms with van der Waals surface area (Å²) in [4.78, 5) is 28.5. The highest BCUT2D eigenvalue weighted by atomic mass is 32.1. The van der Waals surface area contributed by atoms with Crippen LogP contribution in [0.25, 0.3) is 0 Å². The largest absolute Gasteiger partial charge is 0.359 e. The lowest BCUT2D eigenvalue weighted by Crippen LogP contribution is -2.51. The minimum atomic E-state index is -0.203. The van der Waals surface area contributed by atoms with E-state index in [2.05, 4.69) is 20.9 Å². The van der Waals surface area contributed by atoms with Crippen LogP contribution in [0.5, 0.6) is 0 Å². The van der Waals surface area contributed by atoms with Crippen LogP contribution in [0.15, 0.2) is 5.38 Å². The van der Waals surface area contributed by atoms with Gasteiger partial charge in [0.2, 0.25) is 5.91 Å². The van der Waals surface area contributed by atoms with Crippen molar-refractivity contribution >= 4 is 23.3 Å². The zero-order valence-corrected chi connectivity index (χ0v) is 14.8. The molecular formula is C16H26N4O2S. The topological polar surface area (TPSA) is 83.1 Å². The highest BCUT2D eigenvalue weighted by Crippen LogP contribution is 2.24. The van der Waals surface area contributed by atoms with Crippen molar-refractivity contribution in [3.8, 4) is 0 Å². The Balaban J connectivity index is 1.82. The number of thiazole rings is 1. The van der Waals surface area contributed by atoms with E-state index >= 15 is 0 Å². The Hall–Kier alpha value is -1.63. The molecule has 0 aromatic carbocycles. The lowest BCUT2D eigenvalue weighted by molar-refractivity contribution is -0.126. The molecule has 1 aromatic rings. The van der Waals surface area contributed by atoms with Gasteiger partial charge in [-0.05, 0) is 19.8 Å². The monoisotopic (exact) mass is 338 g/mol. The van der Waals surface area contributed by atoms with E-state index in [0.717, 1.165) is 36.4 Å². The van der Waals surface area contributed by atoms with E-state index in [1.54, 1.807) is 18.4 Å². The van der Waals surface area contributed by atoms with Crippen LogP contribution in [0.3, 0.4) is 0 Å². The van der Waals surface area contributed by atoms with Gasteiger partial charge in [0, 0.05) is 36.6 Å². The molecule has 2 rings (SSSR count). The molecule has 0 saturated heterocycles. The molecule has 23 heavy (non-hydrogen) atoms. The van der Waals surface area contributed by atoms with Gasteiger partial charge in [-0.2, -0.15) is 0 Å². The first-order chi connectivity index (χ1) is 11.0. The molecule has 0 bridgehead atoms.